The van der Waals surface area contributed by atoms with Crippen LogP contribution in [0, 0.1) is 0 Å². The van der Waals surface area contributed by atoms with Crippen molar-refractivity contribution in [3.8, 4) is 0 Å². The lowest BCUT2D eigenvalue weighted by molar-refractivity contribution is 0.270. The smallest absolute Gasteiger partial charge is 0.240 e. The minimum absolute atomic E-state index is 0.0110. The molecule has 13 heavy (non-hydrogen) atoms. The highest BCUT2D eigenvalue weighted by Gasteiger charge is 2.12. The van der Waals surface area contributed by atoms with Crippen molar-refractivity contribution in [2.24, 2.45) is 5.14 Å². The second kappa shape index (κ2) is 3.73. The Kier molecular flexibility index (Phi) is 2.86. The van der Waals surface area contributed by atoms with Crippen LogP contribution in [0.1, 0.15) is 0 Å². The van der Waals surface area contributed by atoms with Crippen LogP contribution < -0.4 is 10.6 Å². The maximum absolute atomic E-state index is 11.0. The van der Waals surface area contributed by atoms with Crippen LogP contribution in [0.5, 0.6) is 0 Å². The second-order valence-corrected chi connectivity index (χ2v) is 3.88. The molecule has 0 unspecified atom stereocenters. The average Bonchev–Trinajstić information content (AvgIpc) is 2.04. The molecule has 0 bridgehead atoms. The van der Waals surface area contributed by atoms with Crippen molar-refractivity contribution in [2.45, 2.75) is 4.90 Å². The Hall–Kier alpha value is -1.11. The standard InChI is InChI=1S/C7H10N2O3S/c1-12-9-6-4-2-3-5-7(6)13(8,10)11/h2-5,9H,1H3,(H2,8,10,11). The van der Waals surface area contributed by atoms with Crippen molar-refractivity contribution >= 4 is 15.7 Å². The molecule has 0 saturated heterocycles. The summed E-state index contributed by atoms with van der Waals surface area (Å²) < 4.78 is 22.0. The van der Waals surface area contributed by atoms with Gasteiger partial charge in [-0.05, 0) is 12.1 Å². The highest BCUT2D eigenvalue weighted by atomic mass is 32.2. The number of para-hydroxylation sites is 1. The zero-order chi connectivity index (χ0) is 9.90. The predicted molar refractivity (Wildman–Crippen MR) is 48.4 cm³/mol. The predicted octanol–water partition coefficient (Wildman–Crippen LogP) is 0.307. The van der Waals surface area contributed by atoms with Gasteiger partial charge in [0.15, 0.2) is 0 Å². The quantitative estimate of drug-likeness (QED) is 0.691. The highest BCUT2D eigenvalue weighted by molar-refractivity contribution is 7.89. The van der Waals surface area contributed by atoms with Crippen LogP contribution in [0.15, 0.2) is 29.2 Å². The molecule has 1 aromatic carbocycles. The minimum atomic E-state index is -3.70. The molecule has 3 N–H and O–H groups in total. The topological polar surface area (TPSA) is 81.4 Å². The summed E-state index contributed by atoms with van der Waals surface area (Å²) in [7, 11) is -2.31. The van der Waals surface area contributed by atoms with Gasteiger partial charge in [0.25, 0.3) is 0 Å². The SMILES string of the molecule is CONc1ccccc1S(N)(=O)=O. The minimum Gasteiger partial charge on any atom is -0.279 e. The fraction of sp³-hybridized carbons (Fsp3) is 0.143. The van der Waals surface area contributed by atoms with E-state index in [1.807, 2.05) is 0 Å². The number of hydrogen-bond acceptors (Lipinski definition) is 4. The van der Waals surface area contributed by atoms with Gasteiger partial charge in [-0.3, -0.25) is 10.3 Å². The number of rotatable bonds is 3. The lowest BCUT2D eigenvalue weighted by Gasteiger charge is -2.07. The Labute approximate surface area is 76.5 Å². The first-order chi connectivity index (χ1) is 6.05. The van der Waals surface area contributed by atoms with Crippen LogP contribution in [0.4, 0.5) is 5.69 Å². The Morgan fingerprint density at radius 2 is 2.00 bits per heavy atom. The summed E-state index contributed by atoms with van der Waals surface area (Å²) >= 11 is 0. The molecule has 0 spiro atoms. The maximum atomic E-state index is 11.0. The lowest BCUT2D eigenvalue weighted by atomic mass is 10.3. The van der Waals surface area contributed by atoms with Gasteiger partial charge in [0, 0.05) is 0 Å². The Morgan fingerprint density at radius 3 is 2.54 bits per heavy atom. The van der Waals surface area contributed by atoms with Crippen LogP contribution >= 0.6 is 0 Å². The fourth-order valence-corrected chi connectivity index (χ4v) is 1.59. The van der Waals surface area contributed by atoms with Crippen LogP contribution in [0.25, 0.3) is 0 Å². The van der Waals surface area contributed by atoms with E-state index in [0.717, 1.165) is 0 Å². The maximum Gasteiger partial charge on any atom is 0.240 e. The monoisotopic (exact) mass is 202 g/mol. The van der Waals surface area contributed by atoms with Gasteiger partial charge in [-0.2, -0.15) is 0 Å². The molecule has 5 nitrogen and oxygen atoms in total. The summed E-state index contributed by atoms with van der Waals surface area (Å²) in [6.45, 7) is 0. The summed E-state index contributed by atoms with van der Waals surface area (Å²) in [5.41, 5.74) is 2.75. The van der Waals surface area contributed by atoms with Gasteiger partial charge in [0.1, 0.15) is 4.90 Å². The lowest BCUT2D eigenvalue weighted by Crippen LogP contribution is -2.14. The third kappa shape index (κ3) is 2.41. The van der Waals surface area contributed by atoms with Gasteiger partial charge in [-0.15, -0.1) is 0 Å². The number of benzene rings is 1. The summed E-state index contributed by atoms with van der Waals surface area (Å²) in [5.74, 6) is 0. The molecular formula is C7H10N2O3S. The molecule has 72 valence electrons. The normalized spacial score (nSPS) is 11.2. The molecule has 0 aliphatic heterocycles. The summed E-state index contributed by atoms with van der Waals surface area (Å²) in [4.78, 5) is 4.60. The van der Waals surface area contributed by atoms with Gasteiger partial charge in [-0.25, -0.2) is 13.6 Å². The van der Waals surface area contributed by atoms with Crippen LogP contribution in [0.3, 0.4) is 0 Å². The third-order valence-corrected chi connectivity index (χ3v) is 2.37. The fourth-order valence-electron chi connectivity index (χ4n) is 0.909. The number of nitrogens with one attached hydrogen (secondary N) is 1. The second-order valence-electron chi connectivity index (χ2n) is 2.35. The van der Waals surface area contributed by atoms with Crippen molar-refractivity contribution in [3.63, 3.8) is 0 Å². The summed E-state index contributed by atoms with van der Waals surface area (Å²) in [5, 5.41) is 4.96. The zero-order valence-electron chi connectivity index (χ0n) is 7.02. The average molecular weight is 202 g/mol. The van der Waals surface area contributed by atoms with E-state index in [9.17, 15) is 8.42 Å². The van der Waals surface area contributed by atoms with Crippen LogP contribution in [-0.2, 0) is 14.9 Å². The van der Waals surface area contributed by atoms with E-state index in [2.05, 4.69) is 10.3 Å². The van der Waals surface area contributed by atoms with Gasteiger partial charge in [0.05, 0.1) is 12.8 Å². The molecule has 0 aliphatic rings. The van der Waals surface area contributed by atoms with Gasteiger partial charge >= 0.3 is 0 Å². The van der Waals surface area contributed by atoms with Crippen molar-refractivity contribution in [2.75, 3.05) is 12.6 Å². The van der Waals surface area contributed by atoms with E-state index in [0.29, 0.717) is 5.69 Å². The molecule has 0 radical (unpaired) electrons. The first kappa shape index (κ1) is 9.97. The largest absolute Gasteiger partial charge is 0.279 e. The van der Waals surface area contributed by atoms with Gasteiger partial charge in [0.2, 0.25) is 10.0 Å². The first-order valence-corrected chi connectivity index (χ1v) is 5.01. The Balaban J connectivity index is 3.20. The molecule has 0 aliphatic carbocycles. The number of nitrogens with two attached hydrogens (primary N) is 1. The Bertz CT molecular complexity index is 388. The zero-order valence-corrected chi connectivity index (χ0v) is 7.84. The van der Waals surface area contributed by atoms with E-state index < -0.39 is 10.0 Å². The van der Waals surface area contributed by atoms with Crippen molar-refractivity contribution < 1.29 is 13.3 Å². The van der Waals surface area contributed by atoms with E-state index in [-0.39, 0.29) is 4.90 Å². The highest BCUT2D eigenvalue weighted by Crippen LogP contribution is 2.18. The number of hydrogen-bond donors (Lipinski definition) is 2. The van der Waals surface area contributed by atoms with E-state index in [4.69, 9.17) is 5.14 Å². The van der Waals surface area contributed by atoms with Gasteiger partial charge in [-0.1, -0.05) is 12.1 Å². The molecule has 0 amide bonds. The molecule has 0 atom stereocenters. The molecule has 6 heteroatoms. The van der Waals surface area contributed by atoms with E-state index >= 15 is 0 Å². The molecule has 0 aromatic heterocycles. The number of anilines is 1. The number of sulfonamides is 1. The third-order valence-electron chi connectivity index (χ3n) is 1.41. The molecular weight excluding hydrogens is 192 g/mol. The molecule has 1 rings (SSSR count). The van der Waals surface area contributed by atoms with Crippen LogP contribution in [-0.4, -0.2) is 15.5 Å². The van der Waals surface area contributed by atoms with E-state index in [1.54, 1.807) is 18.2 Å². The molecule has 0 saturated carbocycles. The van der Waals surface area contributed by atoms with E-state index in [1.165, 1.54) is 13.2 Å². The first-order valence-electron chi connectivity index (χ1n) is 3.46. The Morgan fingerprint density at radius 1 is 1.38 bits per heavy atom. The molecule has 0 heterocycles. The summed E-state index contributed by atoms with van der Waals surface area (Å²) in [6, 6.07) is 6.22. The van der Waals surface area contributed by atoms with Crippen molar-refractivity contribution in [1.82, 2.24) is 0 Å². The number of primary sulfonamides is 1. The van der Waals surface area contributed by atoms with Crippen molar-refractivity contribution in [1.29, 1.82) is 0 Å². The molecule has 0 fully saturated rings. The van der Waals surface area contributed by atoms with Crippen molar-refractivity contribution in [3.05, 3.63) is 24.3 Å². The van der Waals surface area contributed by atoms with Crippen LogP contribution in [0.2, 0.25) is 0 Å². The summed E-state index contributed by atoms with van der Waals surface area (Å²) in [6.07, 6.45) is 0. The van der Waals surface area contributed by atoms with Gasteiger partial charge < -0.3 is 0 Å². The molecule has 1 aromatic rings.